The normalized spacial score (nSPS) is 7.90. The Kier molecular flexibility index (Phi) is 19.9. The Morgan fingerprint density at radius 3 is 1.90 bits per heavy atom. The lowest BCUT2D eigenvalue weighted by molar-refractivity contribution is 0.240. The fourth-order valence-electron chi connectivity index (χ4n) is 0.226. The van der Waals surface area contributed by atoms with E-state index in [4.69, 9.17) is 8.85 Å². The van der Waals surface area contributed by atoms with E-state index in [1.54, 1.807) is 0 Å². The van der Waals surface area contributed by atoms with E-state index in [-0.39, 0.29) is 6.33 Å². The maximum atomic E-state index is 10.1. The van der Waals surface area contributed by atoms with Crippen LogP contribution in [0.25, 0.3) is 0 Å². The van der Waals surface area contributed by atoms with Crippen LogP contribution in [0.3, 0.4) is 0 Å². The average Bonchev–Trinajstić information content (AvgIpc) is 1.91. The van der Waals surface area contributed by atoms with Crippen LogP contribution in [0.4, 0.5) is 4.39 Å². The SMILES string of the molecule is C=CF.CCO[SiH2]OCC. The predicted molar refractivity (Wildman–Crippen MR) is 43.1 cm³/mol. The van der Waals surface area contributed by atoms with Crippen LogP contribution in [0, 0.1) is 0 Å². The number of halogens is 1. The van der Waals surface area contributed by atoms with Crippen LogP contribution in [0.5, 0.6) is 0 Å². The highest BCUT2D eigenvalue weighted by molar-refractivity contribution is 6.17. The minimum atomic E-state index is -0.589. The Morgan fingerprint density at radius 2 is 1.70 bits per heavy atom. The molecule has 0 aromatic carbocycles. The summed E-state index contributed by atoms with van der Waals surface area (Å²) in [5.41, 5.74) is 0. The maximum absolute atomic E-state index is 10.1. The van der Waals surface area contributed by atoms with Crippen LogP contribution in [-0.2, 0) is 8.85 Å². The molecule has 62 valence electrons. The van der Waals surface area contributed by atoms with Crippen molar-refractivity contribution in [3.05, 3.63) is 12.9 Å². The van der Waals surface area contributed by atoms with Gasteiger partial charge in [0.15, 0.2) is 0 Å². The van der Waals surface area contributed by atoms with E-state index in [2.05, 4.69) is 6.58 Å². The topological polar surface area (TPSA) is 18.5 Å². The van der Waals surface area contributed by atoms with Gasteiger partial charge in [0.25, 0.3) is 0 Å². The van der Waals surface area contributed by atoms with Crippen molar-refractivity contribution in [3.8, 4) is 0 Å². The highest BCUT2D eigenvalue weighted by atomic mass is 28.3. The van der Waals surface area contributed by atoms with Crippen molar-refractivity contribution in [1.82, 2.24) is 0 Å². The van der Waals surface area contributed by atoms with E-state index in [9.17, 15) is 4.39 Å². The third-order valence-electron chi connectivity index (χ3n) is 0.575. The molecule has 0 aliphatic heterocycles. The van der Waals surface area contributed by atoms with E-state index in [0.717, 1.165) is 13.2 Å². The smallest absolute Gasteiger partial charge is 0.304 e. The zero-order valence-electron chi connectivity index (χ0n) is 6.60. The van der Waals surface area contributed by atoms with Crippen molar-refractivity contribution in [2.75, 3.05) is 13.2 Å². The lowest BCUT2D eigenvalue weighted by Crippen LogP contribution is -2.02. The van der Waals surface area contributed by atoms with Crippen LogP contribution in [0.1, 0.15) is 13.8 Å². The monoisotopic (exact) mass is 166 g/mol. The van der Waals surface area contributed by atoms with E-state index >= 15 is 0 Å². The van der Waals surface area contributed by atoms with Crippen molar-refractivity contribution in [3.63, 3.8) is 0 Å². The van der Waals surface area contributed by atoms with Gasteiger partial charge in [-0.05, 0) is 13.8 Å². The maximum Gasteiger partial charge on any atom is 0.304 e. The van der Waals surface area contributed by atoms with Gasteiger partial charge >= 0.3 is 10.0 Å². The van der Waals surface area contributed by atoms with E-state index in [0.29, 0.717) is 0 Å². The molecule has 0 unspecified atom stereocenters. The Labute approximate surface area is 64.1 Å². The summed E-state index contributed by atoms with van der Waals surface area (Å²) in [6.45, 7) is 8.25. The summed E-state index contributed by atoms with van der Waals surface area (Å²) >= 11 is 0. The molecular weight excluding hydrogens is 151 g/mol. The first-order valence-electron chi connectivity index (χ1n) is 3.20. The number of rotatable bonds is 4. The molecular formula is C6H15FO2Si. The zero-order chi connectivity index (χ0) is 8.24. The van der Waals surface area contributed by atoms with Gasteiger partial charge in [0.1, 0.15) is 0 Å². The minimum absolute atomic E-state index is 0.250. The first kappa shape index (κ1) is 12.5. The van der Waals surface area contributed by atoms with Crippen molar-refractivity contribution < 1.29 is 13.2 Å². The van der Waals surface area contributed by atoms with Gasteiger partial charge in [-0.2, -0.15) is 0 Å². The second kappa shape index (κ2) is 15.9. The molecule has 0 bridgehead atoms. The first-order valence-corrected chi connectivity index (χ1v) is 4.35. The Balaban J connectivity index is 0. The Morgan fingerprint density at radius 1 is 1.40 bits per heavy atom. The summed E-state index contributed by atoms with van der Waals surface area (Å²) in [6.07, 6.45) is 0.250. The Bertz CT molecular complexity index is 57.7. The molecule has 0 fully saturated rings. The van der Waals surface area contributed by atoms with Crippen molar-refractivity contribution >= 4 is 10.0 Å². The lowest BCUT2D eigenvalue weighted by Gasteiger charge is -1.96. The molecule has 0 heterocycles. The van der Waals surface area contributed by atoms with Gasteiger partial charge in [-0.15, -0.1) is 0 Å². The molecule has 0 aromatic heterocycles. The predicted octanol–water partition coefficient (Wildman–Crippen LogP) is 1.16. The average molecular weight is 166 g/mol. The second-order valence-corrected chi connectivity index (χ2v) is 2.31. The zero-order valence-corrected chi connectivity index (χ0v) is 8.01. The molecule has 0 aromatic rings. The highest BCUT2D eigenvalue weighted by Crippen LogP contribution is 1.70. The van der Waals surface area contributed by atoms with Gasteiger partial charge in [0.2, 0.25) is 0 Å². The third-order valence-corrected chi connectivity index (χ3v) is 1.72. The summed E-state index contributed by atoms with van der Waals surface area (Å²) in [4.78, 5) is 0. The molecule has 0 spiro atoms. The van der Waals surface area contributed by atoms with Gasteiger partial charge in [-0.3, -0.25) is 0 Å². The number of hydrogen-bond acceptors (Lipinski definition) is 2. The van der Waals surface area contributed by atoms with Crippen LogP contribution < -0.4 is 0 Å². The van der Waals surface area contributed by atoms with Crippen molar-refractivity contribution in [2.24, 2.45) is 0 Å². The molecule has 0 aliphatic rings. The summed E-state index contributed by atoms with van der Waals surface area (Å²) < 4.78 is 20.0. The van der Waals surface area contributed by atoms with Crippen LogP contribution in [-0.4, -0.2) is 23.2 Å². The summed E-state index contributed by atoms with van der Waals surface area (Å²) in [6, 6.07) is 0. The fraction of sp³-hybridized carbons (Fsp3) is 0.667. The van der Waals surface area contributed by atoms with E-state index in [1.165, 1.54) is 0 Å². The van der Waals surface area contributed by atoms with Crippen molar-refractivity contribution in [1.29, 1.82) is 0 Å². The van der Waals surface area contributed by atoms with E-state index in [1.807, 2.05) is 13.8 Å². The number of hydrogen-bond donors (Lipinski definition) is 0. The molecule has 0 atom stereocenters. The minimum Gasteiger partial charge on any atom is -0.399 e. The van der Waals surface area contributed by atoms with Crippen LogP contribution in [0.15, 0.2) is 12.9 Å². The molecule has 0 saturated heterocycles. The van der Waals surface area contributed by atoms with Gasteiger partial charge in [0, 0.05) is 13.2 Å². The molecule has 0 amide bonds. The quantitative estimate of drug-likeness (QED) is 0.461. The molecule has 0 saturated carbocycles. The molecule has 2 nitrogen and oxygen atoms in total. The summed E-state index contributed by atoms with van der Waals surface area (Å²) in [5.74, 6) is 0. The highest BCUT2D eigenvalue weighted by Gasteiger charge is 1.79. The standard InChI is InChI=1S/C4H12O2Si.C2H3F/c1-3-5-7-6-4-2;1-2-3/h3-4,7H2,1-2H3;2H,1H2. The summed E-state index contributed by atoms with van der Waals surface area (Å²) in [5, 5.41) is 0. The van der Waals surface area contributed by atoms with Gasteiger partial charge in [-0.25, -0.2) is 4.39 Å². The lowest BCUT2D eigenvalue weighted by atomic mass is 10.9. The molecule has 0 N–H and O–H groups in total. The first-order chi connectivity index (χ1) is 4.83. The van der Waals surface area contributed by atoms with Gasteiger partial charge in [-0.1, -0.05) is 6.58 Å². The largest absolute Gasteiger partial charge is 0.399 e. The van der Waals surface area contributed by atoms with E-state index < -0.39 is 10.0 Å². The Hall–Kier alpha value is -0.193. The van der Waals surface area contributed by atoms with Gasteiger partial charge in [0.05, 0.1) is 6.33 Å². The fourth-order valence-corrected chi connectivity index (χ4v) is 0.677. The molecule has 0 radical (unpaired) electrons. The summed E-state index contributed by atoms with van der Waals surface area (Å²) in [7, 11) is -0.589. The molecule has 0 rings (SSSR count). The second-order valence-electron chi connectivity index (χ2n) is 1.26. The molecule has 4 heteroatoms. The molecule has 0 aliphatic carbocycles. The third kappa shape index (κ3) is 25.0. The van der Waals surface area contributed by atoms with Gasteiger partial charge < -0.3 is 8.85 Å². The molecule has 10 heavy (non-hydrogen) atoms. The van der Waals surface area contributed by atoms with Crippen LogP contribution in [0.2, 0.25) is 0 Å². The van der Waals surface area contributed by atoms with Crippen LogP contribution >= 0.6 is 0 Å². The van der Waals surface area contributed by atoms with Crippen molar-refractivity contribution in [2.45, 2.75) is 13.8 Å².